The fourth-order valence-electron chi connectivity index (χ4n) is 1.67. The van der Waals surface area contributed by atoms with Gasteiger partial charge in [0.1, 0.15) is 0 Å². The van der Waals surface area contributed by atoms with E-state index in [0.29, 0.717) is 17.1 Å². The van der Waals surface area contributed by atoms with Gasteiger partial charge in [0.25, 0.3) is 0 Å². The topological polar surface area (TPSA) is 35.5 Å². The molecular formula is C15H12Br2O3. The van der Waals surface area contributed by atoms with Crippen LogP contribution in [0.2, 0.25) is 0 Å². The molecule has 3 nitrogen and oxygen atoms in total. The van der Waals surface area contributed by atoms with Crippen LogP contribution < -0.4 is 9.47 Å². The minimum atomic E-state index is -0.0934. The molecule has 0 N–H and O–H groups in total. The summed E-state index contributed by atoms with van der Waals surface area (Å²) in [4.78, 5) is 12.1. The van der Waals surface area contributed by atoms with Crippen LogP contribution in [-0.2, 0) is 0 Å². The molecule has 0 saturated heterocycles. The molecule has 0 atom stereocenters. The number of methoxy groups -OCH3 is 1. The third-order valence-electron chi connectivity index (χ3n) is 2.64. The van der Waals surface area contributed by atoms with Crippen molar-refractivity contribution in [1.82, 2.24) is 0 Å². The Balaban J connectivity index is 2.11. The molecule has 0 amide bonds. The average Bonchev–Trinajstić information content (AvgIpc) is 2.45. The molecule has 2 rings (SSSR count). The van der Waals surface area contributed by atoms with Crippen LogP contribution in [0.25, 0.3) is 0 Å². The fourth-order valence-corrected chi connectivity index (χ4v) is 2.53. The second-order valence-electron chi connectivity index (χ2n) is 3.99. The predicted octanol–water partition coefficient (Wildman–Crippen LogP) is 4.48. The van der Waals surface area contributed by atoms with Gasteiger partial charge in [-0.25, -0.2) is 0 Å². The number of halogens is 2. The van der Waals surface area contributed by atoms with E-state index in [-0.39, 0.29) is 12.4 Å². The van der Waals surface area contributed by atoms with Crippen LogP contribution in [0.5, 0.6) is 11.5 Å². The monoisotopic (exact) mass is 398 g/mol. The van der Waals surface area contributed by atoms with Gasteiger partial charge in [-0.3, -0.25) is 4.79 Å². The van der Waals surface area contributed by atoms with Gasteiger partial charge in [-0.1, -0.05) is 34.1 Å². The van der Waals surface area contributed by atoms with E-state index >= 15 is 0 Å². The smallest absolute Gasteiger partial charge is 0.200 e. The summed E-state index contributed by atoms with van der Waals surface area (Å²) in [5, 5.41) is 0. The first-order valence-electron chi connectivity index (χ1n) is 5.86. The van der Waals surface area contributed by atoms with Crippen LogP contribution in [0.1, 0.15) is 10.4 Å². The van der Waals surface area contributed by atoms with Crippen molar-refractivity contribution in [2.75, 3.05) is 13.7 Å². The van der Waals surface area contributed by atoms with Gasteiger partial charge < -0.3 is 9.47 Å². The van der Waals surface area contributed by atoms with Crippen molar-refractivity contribution in [2.45, 2.75) is 0 Å². The molecule has 2 aromatic rings. The Kier molecular flexibility index (Phi) is 5.20. The molecule has 0 heterocycles. The number of para-hydroxylation sites is 1. The molecule has 0 bridgehead atoms. The Morgan fingerprint density at radius 3 is 2.60 bits per heavy atom. The van der Waals surface area contributed by atoms with E-state index in [4.69, 9.17) is 9.47 Å². The van der Waals surface area contributed by atoms with Gasteiger partial charge in [-0.2, -0.15) is 0 Å². The Bertz CT molecular complexity index is 626. The second kappa shape index (κ2) is 6.90. The zero-order chi connectivity index (χ0) is 14.5. The number of benzene rings is 2. The second-order valence-corrected chi connectivity index (χ2v) is 5.76. The lowest BCUT2D eigenvalue weighted by Crippen LogP contribution is -2.12. The van der Waals surface area contributed by atoms with E-state index < -0.39 is 0 Å². The van der Waals surface area contributed by atoms with Crippen LogP contribution in [0.3, 0.4) is 0 Å². The number of hydrogen-bond acceptors (Lipinski definition) is 3. The fraction of sp³-hybridized carbons (Fsp3) is 0.133. The zero-order valence-electron chi connectivity index (χ0n) is 10.7. The summed E-state index contributed by atoms with van der Waals surface area (Å²) in [6.45, 7) is -0.0462. The van der Waals surface area contributed by atoms with E-state index in [1.807, 2.05) is 24.3 Å². The number of rotatable bonds is 5. The minimum absolute atomic E-state index is 0.0462. The van der Waals surface area contributed by atoms with Gasteiger partial charge in [-0.05, 0) is 40.2 Å². The molecule has 5 heteroatoms. The molecular weight excluding hydrogens is 388 g/mol. The van der Waals surface area contributed by atoms with Crippen molar-refractivity contribution in [3.8, 4) is 11.5 Å². The van der Waals surface area contributed by atoms with E-state index in [1.54, 1.807) is 25.3 Å². The molecule has 0 spiro atoms. The lowest BCUT2D eigenvalue weighted by Gasteiger charge is -2.11. The minimum Gasteiger partial charge on any atom is -0.493 e. The van der Waals surface area contributed by atoms with Crippen molar-refractivity contribution in [2.24, 2.45) is 0 Å². The molecule has 0 fully saturated rings. The first-order valence-corrected chi connectivity index (χ1v) is 7.44. The Labute approximate surface area is 134 Å². The van der Waals surface area contributed by atoms with Gasteiger partial charge >= 0.3 is 0 Å². The number of carbonyl (C=O) groups is 1. The van der Waals surface area contributed by atoms with Crippen molar-refractivity contribution >= 4 is 37.6 Å². The largest absolute Gasteiger partial charge is 0.493 e. The standard InChI is InChI=1S/C15H12Br2O3/c1-19-14-7-3-6-12(17)15(14)20-9-13(18)10-4-2-5-11(16)8-10/h2-8H,9H2,1H3. The molecule has 0 radical (unpaired) electrons. The highest BCUT2D eigenvalue weighted by atomic mass is 79.9. The highest BCUT2D eigenvalue weighted by molar-refractivity contribution is 9.10. The molecule has 0 unspecified atom stereocenters. The van der Waals surface area contributed by atoms with Crippen LogP contribution >= 0.6 is 31.9 Å². The molecule has 0 aliphatic carbocycles. The molecule has 0 aromatic heterocycles. The zero-order valence-corrected chi connectivity index (χ0v) is 13.9. The molecule has 20 heavy (non-hydrogen) atoms. The maximum absolute atomic E-state index is 12.1. The average molecular weight is 400 g/mol. The third-order valence-corrected chi connectivity index (χ3v) is 3.76. The summed E-state index contributed by atoms with van der Waals surface area (Å²) in [7, 11) is 1.56. The number of Topliss-reactive ketones (excluding diaryl/α,β-unsaturated/α-hetero) is 1. The summed E-state index contributed by atoms with van der Waals surface area (Å²) in [6.07, 6.45) is 0. The Morgan fingerprint density at radius 1 is 1.15 bits per heavy atom. The van der Waals surface area contributed by atoms with E-state index in [1.165, 1.54) is 0 Å². The van der Waals surface area contributed by atoms with Crippen molar-refractivity contribution in [1.29, 1.82) is 0 Å². The molecule has 0 aliphatic heterocycles. The Morgan fingerprint density at radius 2 is 1.90 bits per heavy atom. The molecule has 104 valence electrons. The number of ether oxygens (including phenoxy) is 2. The summed E-state index contributed by atoms with van der Waals surface area (Å²) in [5.41, 5.74) is 0.602. The summed E-state index contributed by atoms with van der Waals surface area (Å²) in [6, 6.07) is 12.7. The van der Waals surface area contributed by atoms with Crippen LogP contribution in [-0.4, -0.2) is 19.5 Å². The van der Waals surface area contributed by atoms with Gasteiger partial charge in [0, 0.05) is 10.0 Å². The summed E-state index contributed by atoms with van der Waals surface area (Å²) in [5.74, 6) is 1.02. The number of ketones is 1. The molecule has 0 saturated carbocycles. The number of hydrogen-bond donors (Lipinski definition) is 0. The van der Waals surface area contributed by atoms with Crippen molar-refractivity contribution in [3.05, 3.63) is 57.0 Å². The van der Waals surface area contributed by atoms with Crippen LogP contribution in [0.15, 0.2) is 51.4 Å². The van der Waals surface area contributed by atoms with E-state index in [9.17, 15) is 4.79 Å². The third kappa shape index (κ3) is 3.61. The SMILES string of the molecule is COc1cccc(Br)c1OCC(=O)c1cccc(Br)c1. The first-order chi connectivity index (χ1) is 9.61. The van der Waals surface area contributed by atoms with Gasteiger partial charge in [0.15, 0.2) is 23.9 Å². The highest BCUT2D eigenvalue weighted by Gasteiger charge is 2.12. The molecule has 2 aromatic carbocycles. The summed E-state index contributed by atoms with van der Waals surface area (Å²) >= 11 is 6.72. The van der Waals surface area contributed by atoms with Crippen LogP contribution in [0.4, 0.5) is 0 Å². The molecule has 0 aliphatic rings. The highest BCUT2D eigenvalue weighted by Crippen LogP contribution is 2.34. The predicted molar refractivity (Wildman–Crippen MR) is 84.7 cm³/mol. The van der Waals surface area contributed by atoms with Gasteiger partial charge in [0.05, 0.1) is 11.6 Å². The Hall–Kier alpha value is -1.33. The van der Waals surface area contributed by atoms with Gasteiger partial charge in [-0.15, -0.1) is 0 Å². The van der Waals surface area contributed by atoms with Crippen molar-refractivity contribution < 1.29 is 14.3 Å². The summed E-state index contributed by atoms with van der Waals surface area (Å²) < 4.78 is 12.4. The first kappa shape index (κ1) is 15.1. The lowest BCUT2D eigenvalue weighted by molar-refractivity contribution is 0.0919. The van der Waals surface area contributed by atoms with E-state index in [0.717, 1.165) is 8.95 Å². The maximum Gasteiger partial charge on any atom is 0.200 e. The van der Waals surface area contributed by atoms with Gasteiger partial charge in [0.2, 0.25) is 0 Å². The lowest BCUT2D eigenvalue weighted by atomic mass is 10.1. The van der Waals surface area contributed by atoms with Crippen molar-refractivity contribution in [3.63, 3.8) is 0 Å². The van der Waals surface area contributed by atoms with Crippen LogP contribution in [0, 0.1) is 0 Å². The quantitative estimate of drug-likeness (QED) is 0.695. The number of carbonyl (C=O) groups excluding carboxylic acids is 1. The maximum atomic E-state index is 12.1. The van der Waals surface area contributed by atoms with E-state index in [2.05, 4.69) is 31.9 Å². The normalized spacial score (nSPS) is 10.2.